The van der Waals surface area contributed by atoms with Gasteiger partial charge in [-0.2, -0.15) is 13.2 Å². The van der Waals surface area contributed by atoms with Crippen molar-refractivity contribution in [3.05, 3.63) is 35.4 Å². The Hall–Kier alpha value is -1.07. The summed E-state index contributed by atoms with van der Waals surface area (Å²) in [4.78, 5) is 0. The van der Waals surface area contributed by atoms with Gasteiger partial charge in [0.05, 0.1) is 11.7 Å². The van der Waals surface area contributed by atoms with Crippen LogP contribution < -0.4 is 5.73 Å². The fraction of sp³-hybridized carbons (Fsp3) is 0.647. The Morgan fingerprint density at radius 3 is 2.41 bits per heavy atom. The van der Waals surface area contributed by atoms with E-state index in [0.717, 1.165) is 44.6 Å². The lowest BCUT2D eigenvalue weighted by Gasteiger charge is -2.49. The maximum Gasteiger partial charge on any atom is 0.416 e. The van der Waals surface area contributed by atoms with Crippen molar-refractivity contribution in [1.82, 2.24) is 0 Å². The van der Waals surface area contributed by atoms with Crippen LogP contribution in [0.5, 0.6) is 0 Å². The monoisotopic (exact) mass is 313 g/mol. The first-order chi connectivity index (χ1) is 10.3. The number of hydrogen-bond acceptors (Lipinski definition) is 2. The van der Waals surface area contributed by atoms with Crippen molar-refractivity contribution in [2.45, 2.75) is 62.3 Å². The van der Waals surface area contributed by atoms with Gasteiger partial charge in [0.1, 0.15) is 0 Å². The first-order valence-electron chi connectivity index (χ1n) is 7.96. The average Bonchev–Trinajstić information content (AvgIpc) is 2.83. The lowest BCUT2D eigenvalue weighted by Crippen LogP contribution is -2.52. The fourth-order valence-corrected chi connectivity index (χ4v) is 4.14. The predicted molar refractivity (Wildman–Crippen MR) is 78.3 cm³/mol. The van der Waals surface area contributed by atoms with Gasteiger partial charge in [0, 0.05) is 17.4 Å². The SMILES string of the molecule is N[C@@H]1CCC[C@H]1[C@@H](O)C1(c2cccc(C(F)(F)F)c2)CCC1. The Bertz CT molecular complexity index is 539. The molecule has 0 heterocycles. The third-order valence-electron chi connectivity index (χ3n) is 5.61. The number of nitrogens with two attached hydrogens (primary N) is 1. The Kier molecular flexibility index (Phi) is 3.98. The predicted octanol–water partition coefficient (Wildman–Crippen LogP) is 3.62. The zero-order chi connectivity index (χ0) is 16.0. The molecule has 2 saturated carbocycles. The highest BCUT2D eigenvalue weighted by Crippen LogP contribution is 2.51. The maximum absolute atomic E-state index is 13.0. The number of aliphatic hydroxyl groups excluding tert-OH is 1. The second-order valence-electron chi connectivity index (χ2n) is 6.79. The van der Waals surface area contributed by atoms with E-state index in [-0.39, 0.29) is 12.0 Å². The summed E-state index contributed by atoms with van der Waals surface area (Å²) < 4.78 is 38.9. The van der Waals surface area contributed by atoms with Gasteiger partial charge in [-0.3, -0.25) is 0 Å². The molecule has 0 aliphatic heterocycles. The summed E-state index contributed by atoms with van der Waals surface area (Å²) in [7, 11) is 0. The molecule has 2 nitrogen and oxygen atoms in total. The third-order valence-corrected chi connectivity index (χ3v) is 5.61. The molecule has 122 valence electrons. The van der Waals surface area contributed by atoms with Gasteiger partial charge in [0.15, 0.2) is 0 Å². The first-order valence-corrected chi connectivity index (χ1v) is 7.96. The van der Waals surface area contributed by atoms with Crippen LogP contribution in [0.4, 0.5) is 13.2 Å². The van der Waals surface area contributed by atoms with Crippen LogP contribution in [-0.4, -0.2) is 17.3 Å². The topological polar surface area (TPSA) is 46.2 Å². The Labute approximate surface area is 128 Å². The molecule has 0 unspecified atom stereocenters. The minimum absolute atomic E-state index is 0.00478. The second kappa shape index (κ2) is 5.53. The van der Waals surface area contributed by atoms with E-state index < -0.39 is 23.3 Å². The minimum atomic E-state index is -4.35. The van der Waals surface area contributed by atoms with Crippen molar-refractivity contribution in [2.75, 3.05) is 0 Å². The van der Waals surface area contributed by atoms with Crippen LogP contribution in [0.25, 0.3) is 0 Å². The smallest absolute Gasteiger partial charge is 0.392 e. The highest BCUT2D eigenvalue weighted by atomic mass is 19.4. The molecule has 1 aromatic rings. The molecule has 2 aliphatic carbocycles. The van der Waals surface area contributed by atoms with E-state index in [4.69, 9.17) is 5.73 Å². The van der Waals surface area contributed by atoms with Crippen LogP contribution in [0, 0.1) is 5.92 Å². The van der Waals surface area contributed by atoms with Gasteiger partial charge in [-0.25, -0.2) is 0 Å². The van der Waals surface area contributed by atoms with Crippen molar-refractivity contribution in [2.24, 2.45) is 11.7 Å². The van der Waals surface area contributed by atoms with Gasteiger partial charge in [-0.05, 0) is 37.3 Å². The molecule has 0 saturated heterocycles. The zero-order valence-corrected chi connectivity index (χ0v) is 12.4. The molecular weight excluding hydrogens is 291 g/mol. The van der Waals surface area contributed by atoms with Crippen LogP contribution in [0.3, 0.4) is 0 Å². The molecule has 22 heavy (non-hydrogen) atoms. The number of benzene rings is 1. The third kappa shape index (κ3) is 2.54. The van der Waals surface area contributed by atoms with E-state index in [0.29, 0.717) is 5.56 Å². The van der Waals surface area contributed by atoms with Gasteiger partial charge in [-0.15, -0.1) is 0 Å². The second-order valence-corrected chi connectivity index (χ2v) is 6.79. The van der Waals surface area contributed by atoms with Crippen LogP contribution in [-0.2, 0) is 11.6 Å². The summed E-state index contributed by atoms with van der Waals surface area (Å²) in [5, 5.41) is 10.9. The highest BCUT2D eigenvalue weighted by Gasteiger charge is 2.50. The van der Waals surface area contributed by atoms with Crippen molar-refractivity contribution in [3.63, 3.8) is 0 Å². The molecule has 0 bridgehead atoms. The normalized spacial score (nSPS) is 29.1. The molecule has 5 heteroatoms. The minimum Gasteiger partial charge on any atom is -0.392 e. The van der Waals surface area contributed by atoms with Crippen LogP contribution in [0.2, 0.25) is 0 Å². The molecular formula is C17H22F3NO. The number of halogens is 3. The highest BCUT2D eigenvalue weighted by molar-refractivity contribution is 5.35. The summed E-state index contributed by atoms with van der Waals surface area (Å²) in [6.45, 7) is 0. The molecule has 3 atom stereocenters. The summed E-state index contributed by atoms with van der Waals surface area (Å²) in [5.74, 6) is -0.00478. The molecule has 0 spiro atoms. The molecule has 2 aliphatic rings. The van der Waals surface area contributed by atoms with Crippen LogP contribution in [0.1, 0.15) is 49.7 Å². The van der Waals surface area contributed by atoms with E-state index in [1.807, 2.05) is 0 Å². The van der Waals surface area contributed by atoms with Gasteiger partial charge >= 0.3 is 6.18 Å². The molecule has 2 fully saturated rings. The lowest BCUT2D eigenvalue weighted by molar-refractivity contribution is -0.137. The van der Waals surface area contributed by atoms with E-state index in [2.05, 4.69) is 0 Å². The number of alkyl halides is 3. The van der Waals surface area contributed by atoms with Gasteiger partial charge in [-0.1, -0.05) is 31.0 Å². The summed E-state index contributed by atoms with van der Waals surface area (Å²) in [5.41, 5.74) is 5.52. The van der Waals surface area contributed by atoms with Crippen molar-refractivity contribution in [3.8, 4) is 0 Å². The number of hydrogen-bond donors (Lipinski definition) is 2. The van der Waals surface area contributed by atoms with E-state index in [1.165, 1.54) is 12.1 Å². The van der Waals surface area contributed by atoms with E-state index >= 15 is 0 Å². The summed E-state index contributed by atoms with van der Waals surface area (Å²) >= 11 is 0. The molecule has 3 N–H and O–H groups in total. The molecule has 0 aromatic heterocycles. The van der Waals surface area contributed by atoms with Crippen LogP contribution >= 0.6 is 0 Å². The average molecular weight is 313 g/mol. The van der Waals surface area contributed by atoms with Gasteiger partial charge in [0.2, 0.25) is 0 Å². The summed E-state index contributed by atoms with van der Waals surface area (Å²) in [6.07, 6.45) is 0.148. The number of aliphatic hydroxyl groups is 1. The Morgan fingerprint density at radius 2 is 1.91 bits per heavy atom. The van der Waals surface area contributed by atoms with Crippen molar-refractivity contribution >= 4 is 0 Å². The lowest BCUT2D eigenvalue weighted by atomic mass is 9.58. The number of rotatable bonds is 3. The van der Waals surface area contributed by atoms with Crippen molar-refractivity contribution in [1.29, 1.82) is 0 Å². The fourth-order valence-electron chi connectivity index (χ4n) is 4.14. The quantitative estimate of drug-likeness (QED) is 0.895. The molecule has 1 aromatic carbocycles. The largest absolute Gasteiger partial charge is 0.416 e. The van der Waals surface area contributed by atoms with Crippen LogP contribution in [0.15, 0.2) is 24.3 Å². The molecule has 3 rings (SSSR count). The Balaban J connectivity index is 1.93. The van der Waals surface area contributed by atoms with E-state index in [9.17, 15) is 18.3 Å². The molecule has 0 amide bonds. The molecule has 0 radical (unpaired) electrons. The first kappa shape index (κ1) is 15.8. The summed E-state index contributed by atoms with van der Waals surface area (Å²) in [6, 6.07) is 5.42. The maximum atomic E-state index is 13.0. The van der Waals surface area contributed by atoms with Gasteiger partial charge < -0.3 is 10.8 Å². The standard InChI is InChI=1S/C17H22F3NO/c18-17(19,20)12-5-1-4-11(10-12)16(8-3-9-16)15(22)13-6-2-7-14(13)21/h1,4-5,10,13-15,22H,2-3,6-9,21H2/t13-,14-,15-/m1/s1. The van der Waals surface area contributed by atoms with Gasteiger partial charge in [0.25, 0.3) is 0 Å². The zero-order valence-electron chi connectivity index (χ0n) is 12.4. The van der Waals surface area contributed by atoms with E-state index in [1.54, 1.807) is 6.07 Å². The Morgan fingerprint density at radius 1 is 1.18 bits per heavy atom. The van der Waals surface area contributed by atoms with Crippen molar-refractivity contribution < 1.29 is 18.3 Å².